The molecule has 4 nitrogen and oxygen atoms in total. The largest absolute Gasteiger partial charge is 0.408 e. The van der Waals surface area contributed by atoms with Gasteiger partial charge < -0.3 is 5.32 Å². The van der Waals surface area contributed by atoms with Crippen molar-refractivity contribution >= 4 is 0 Å². The highest BCUT2D eigenvalue weighted by atomic mass is 19.4. The molecule has 7 heteroatoms. The summed E-state index contributed by atoms with van der Waals surface area (Å²) in [4.78, 5) is 2.22. The summed E-state index contributed by atoms with van der Waals surface area (Å²) in [6.45, 7) is 5.04. The summed E-state index contributed by atoms with van der Waals surface area (Å²) < 4.78 is 38.0. The van der Waals surface area contributed by atoms with Crippen LogP contribution in [0.5, 0.6) is 0 Å². The Hall–Kier alpha value is -1.08. The van der Waals surface area contributed by atoms with Gasteiger partial charge in [0.15, 0.2) is 0 Å². The van der Waals surface area contributed by atoms with Crippen LogP contribution in [0.1, 0.15) is 11.3 Å². The molecule has 0 spiro atoms. The van der Waals surface area contributed by atoms with Crippen molar-refractivity contribution in [3.63, 3.8) is 0 Å². The van der Waals surface area contributed by atoms with E-state index >= 15 is 0 Å². The molecule has 1 N–H and O–H groups in total. The molecule has 1 fully saturated rings. The molecule has 1 saturated heterocycles. The minimum absolute atomic E-state index is 0.603. The molecule has 2 heterocycles. The van der Waals surface area contributed by atoms with E-state index in [0.717, 1.165) is 36.4 Å². The maximum absolute atomic E-state index is 12.3. The first kappa shape index (κ1) is 13.4. The van der Waals surface area contributed by atoms with E-state index in [1.54, 1.807) is 13.1 Å². The molecule has 0 atom stereocenters. The Morgan fingerprint density at radius 3 is 2.61 bits per heavy atom. The van der Waals surface area contributed by atoms with Gasteiger partial charge in [-0.15, -0.1) is 0 Å². The van der Waals surface area contributed by atoms with Crippen molar-refractivity contribution < 1.29 is 13.2 Å². The van der Waals surface area contributed by atoms with Crippen molar-refractivity contribution in [2.24, 2.45) is 0 Å². The van der Waals surface area contributed by atoms with Crippen molar-refractivity contribution in [2.45, 2.75) is 26.2 Å². The zero-order valence-corrected chi connectivity index (χ0v) is 10.3. The number of hydrogen-bond acceptors (Lipinski definition) is 3. The van der Waals surface area contributed by atoms with Crippen molar-refractivity contribution in [3.05, 3.63) is 17.5 Å². The van der Waals surface area contributed by atoms with Gasteiger partial charge in [0.1, 0.15) is 6.54 Å². The summed E-state index contributed by atoms with van der Waals surface area (Å²) in [5.41, 5.74) is 1.48. The minimum atomic E-state index is -4.22. The van der Waals surface area contributed by atoms with Crippen LogP contribution in [0, 0.1) is 6.92 Å². The van der Waals surface area contributed by atoms with E-state index in [1.165, 1.54) is 0 Å². The molecule has 0 saturated carbocycles. The predicted octanol–water partition coefficient (Wildman–Crippen LogP) is 1.16. The fraction of sp³-hybridized carbons (Fsp3) is 0.727. The third-order valence-electron chi connectivity index (χ3n) is 3.14. The molecule has 0 aromatic carbocycles. The van der Waals surface area contributed by atoms with E-state index < -0.39 is 12.7 Å². The number of rotatable bonds is 3. The van der Waals surface area contributed by atoms with E-state index in [2.05, 4.69) is 15.3 Å². The average molecular weight is 262 g/mol. The number of nitrogens with one attached hydrogen (secondary N) is 1. The molecular formula is C11H17F3N4. The summed E-state index contributed by atoms with van der Waals surface area (Å²) in [6.07, 6.45) is -2.67. The molecule has 0 amide bonds. The Labute approximate surface area is 104 Å². The maximum atomic E-state index is 12.3. The molecule has 1 aromatic heterocycles. The third-order valence-corrected chi connectivity index (χ3v) is 3.14. The lowest BCUT2D eigenvalue weighted by Gasteiger charge is -2.26. The number of halogens is 3. The number of alkyl halides is 3. The molecular weight excluding hydrogens is 245 g/mol. The van der Waals surface area contributed by atoms with E-state index in [1.807, 2.05) is 0 Å². The standard InChI is InChI=1S/C11H17F3N4/c1-9-10(7-17-4-2-15-3-5-17)6-16-18(9)8-11(12,13)14/h6,15H,2-5,7-8H2,1H3. The summed E-state index contributed by atoms with van der Waals surface area (Å²) in [5, 5.41) is 7.06. The molecule has 102 valence electrons. The van der Waals surface area contributed by atoms with Gasteiger partial charge in [-0.1, -0.05) is 0 Å². The lowest BCUT2D eigenvalue weighted by atomic mass is 10.2. The smallest absolute Gasteiger partial charge is 0.314 e. The quantitative estimate of drug-likeness (QED) is 0.887. The van der Waals surface area contributed by atoms with Gasteiger partial charge in [-0.3, -0.25) is 9.58 Å². The summed E-state index contributed by atoms with van der Waals surface area (Å²) in [5.74, 6) is 0. The SMILES string of the molecule is Cc1c(CN2CCNCC2)cnn1CC(F)(F)F. The molecule has 18 heavy (non-hydrogen) atoms. The van der Waals surface area contributed by atoms with Crippen LogP contribution in [-0.2, 0) is 13.1 Å². The van der Waals surface area contributed by atoms with E-state index in [4.69, 9.17) is 0 Å². The molecule has 0 radical (unpaired) electrons. The molecule has 0 aliphatic carbocycles. The molecule has 0 unspecified atom stereocenters. The molecule has 0 bridgehead atoms. The number of hydrogen-bond donors (Lipinski definition) is 1. The van der Waals surface area contributed by atoms with Gasteiger partial charge in [-0.25, -0.2) is 0 Å². The van der Waals surface area contributed by atoms with Crippen LogP contribution in [0.2, 0.25) is 0 Å². The van der Waals surface area contributed by atoms with Gasteiger partial charge in [0, 0.05) is 44.0 Å². The Balaban J connectivity index is 2.01. The Bertz CT molecular complexity index is 393. The Kier molecular flexibility index (Phi) is 3.91. The topological polar surface area (TPSA) is 33.1 Å². The van der Waals surface area contributed by atoms with Gasteiger partial charge in [0.05, 0.1) is 6.20 Å². The number of piperazine rings is 1. The van der Waals surface area contributed by atoms with Gasteiger partial charge in [0.25, 0.3) is 0 Å². The van der Waals surface area contributed by atoms with Crippen molar-refractivity contribution in [2.75, 3.05) is 26.2 Å². The minimum Gasteiger partial charge on any atom is -0.314 e. The third kappa shape index (κ3) is 3.46. The predicted molar refractivity (Wildman–Crippen MR) is 61.2 cm³/mol. The van der Waals surface area contributed by atoms with Crippen molar-refractivity contribution in [3.8, 4) is 0 Å². The van der Waals surface area contributed by atoms with E-state index in [9.17, 15) is 13.2 Å². The van der Waals surface area contributed by atoms with Gasteiger partial charge in [-0.05, 0) is 6.92 Å². The second-order valence-electron chi connectivity index (χ2n) is 4.55. The number of nitrogens with zero attached hydrogens (tertiary/aromatic N) is 3. The fourth-order valence-corrected chi connectivity index (χ4v) is 2.08. The van der Waals surface area contributed by atoms with Gasteiger partial charge in [-0.2, -0.15) is 18.3 Å². The normalized spacial score (nSPS) is 18.2. The summed E-state index contributed by atoms with van der Waals surface area (Å²) in [7, 11) is 0. The number of aromatic nitrogens is 2. The second-order valence-corrected chi connectivity index (χ2v) is 4.55. The van der Waals surface area contributed by atoms with Gasteiger partial charge in [0.2, 0.25) is 0 Å². The van der Waals surface area contributed by atoms with E-state index in [-0.39, 0.29) is 0 Å². The lowest BCUT2D eigenvalue weighted by Crippen LogP contribution is -2.42. The van der Waals surface area contributed by atoms with Crippen LogP contribution in [0.25, 0.3) is 0 Å². The van der Waals surface area contributed by atoms with Crippen molar-refractivity contribution in [1.29, 1.82) is 0 Å². The van der Waals surface area contributed by atoms with Crippen LogP contribution < -0.4 is 5.32 Å². The van der Waals surface area contributed by atoms with Crippen LogP contribution in [0.3, 0.4) is 0 Å². The first-order valence-corrected chi connectivity index (χ1v) is 5.97. The molecule has 1 aliphatic heterocycles. The lowest BCUT2D eigenvalue weighted by molar-refractivity contribution is -0.142. The zero-order valence-electron chi connectivity index (χ0n) is 10.3. The van der Waals surface area contributed by atoms with Crippen LogP contribution in [0.15, 0.2) is 6.20 Å². The van der Waals surface area contributed by atoms with Gasteiger partial charge >= 0.3 is 6.18 Å². The highest BCUT2D eigenvalue weighted by molar-refractivity contribution is 5.16. The Morgan fingerprint density at radius 1 is 1.33 bits per heavy atom. The van der Waals surface area contributed by atoms with Crippen LogP contribution in [0.4, 0.5) is 13.2 Å². The molecule has 1 aromatic rings. The highest BCUT2D eigenvalue weighted by Gasteiger charge is 2.29. The van der Waals surface area contributed by atoms with Crippen LogP contribution >= 0.6 is 0 Å². The highest BCUT2D eigenvalue weighted by Crippen LogP contribution is 2.19. The van der Waals surface area contributed by atoms with E-state index in [0.29, 0.717) is 12.2 Å². The first-order valence-electron chi connectivity index (χ1n) is 5.97. The fourth-order valence-electron chi connectivity index (χ4n) is 2.08. The summed E-state index contributed by atoms with van der Waals surface area (Å²) >= 11 is 0. The second kappa shape index (κ2) is 5.27. The summed E-state index contributed by atoms with van der Waals surface area (Å²) in [6, 6.07) is 0. The molecule has 2 rings (SSSR count). The average Bonchev–Trinajstić information content (AvgIpc) is 2.61. The Morgan fingerprint density at radius 2 is 2.00 bits per heavy atom. The maximum Gasteiger partial charge on any atom is 0.408 e. The monoisotopic (exact) mass is 262 g/mol. The molecule has 1 aliphatic rings. The zero-order chi connectivity index (χ0) is 13.2. The van der Waals surface area contributed by atoms with Crippen molar-refractivity contribution in [1.82, 2.24) is 20.0 Å². The first-order chi connectivity index (χ1) is 8.46. The van der Waals surface area contributed by atoms with Crippen LogP contribution in [-0.4, -0.2) is 47.0 Å².